The van der Waals surface area contributed by atoms with Gasteiger partial charge in [0, 0.05) is 31.7 Å². The van der Waals surface area contributed by atoms with Crippen LogP contribution in [0.1, 0.15) is 32.8 Å². The van der Waals surface area contributed by atoms with Gasteiger partial charge < -0.3 is 19.9 Å². The van der Waals surface area contributed by atoms with Crippen molar-refractivity contribution in [2.75, 3.05) is 26.2 Å². The summed E-state index contributed by atoms with van der Waals surface area (Å²) in [5, 5.41) is 3.07. The molecule has 0 bridgehead atoms. The van der Waals surface area contributed by atoms with E-state index in [9.17, 15) is 4.79 Å². The van der Waals surface area contributed by atoms with Crippen molar-refractivity contribution in [3.63, 3.8) is 0 Å². The normalized spacial score (nSPS) is 16.6. The Bertz CT molecular complexity index is 932. The number of benzene rings is 2. The molecule has 0 saturated carbocycles. The van der Waals surface area contributed by atoms with Crippen molar-refractivity contribution in [1.82, 2.24) is 15.1 Å². The number of fused-ring (bicyclic) bond motifs is 2. The lowest BCUT2D eigenvalue weighted by atomic mass is 10.1. The molecule has 0 aromatic heterocycles. The minimum Gasteiger partial charge on any atom is -0.454 e. The van der Waals surface area contributed by atoms with E-state index in [4.69, 9.17) is 9.73 Å². The maximum absolute atomic E-state index is 12.6. The lowest BCUT2D eigenvalue weighted by molar-refractivity contribution is 0.191. The van der Waals surface area contributed by atoms with Crippen LogP contribution in [-0.2, 0) is 0 Å². The summed E-state index contributed by atoms with van der Waals surface area (Å²) in [4.78, 5) is 21.8. The van der Waals surface area contributed by atoms with E-state index in [2.05, 4.69) is 16.3 Å². The number of nitrogens with one attached hydrogen (secondary N) is 1. The number of nitrogens with zero attached hydrogens (tertiary/aromatic N) is 3. The lowest BCUT2D eigenvalue weighted by Gasteiger charge is -2.28. The highest BCUT2D eigenvalue weighted by atomic mass is 16.5. The van der Waals surface area contributed by atoms with Gasteiger partial charge in [0.05, 0.1) is 5.56 Å². The highest BCUT2D eigenvalue weighted by molar-refractivity contribution is 6.03. The molecule has 2 aliphatic rings. The second kappa shape index (κ2) is 7.78. The molecule has 2 aliphatic heterocycles. The van der Waals surface area contributed by atoms with E-state index in [0.29, 0.717) is 6.54 Å². The third kappa shape index (κ3) is 4.36. The van der Waals surface area contributed by atoms with E-state index < -0.39 is 0 Å². The Hall–Kier alpha value is -3.02. The van der Waals surface area contributed by atoms with Crippen molar-refractivity contribution < 1.29 is 9.53 Å². The van der Waals surface area contributed by atoms with E-state index in [-0.39, 0.29) is 11.6 Å². The highest BCUT2D eigenvalue weighted by Gasteiger charge is 2.27. The van der Waals surface area contributed by atoms with Crippen LogP contribution in [0.3, 0.4) is 0 Å². The first-order chi connectivity index (χ1) is 13.9. The zero-order chi connectivity index (χ0) is 20.4. The van der Waals surface area contributed by atoms with Gasteiger partial charge in [-0.1, -0.05) is 24.3 Å². The largest absolute Gasteiger partial charge is 0.454 e. The standard InChI is InChI=1S/C23H28N4O2/c1-23(2,3)25-22(28)27-14-8-13-26(15-16-27)21-17-9-4-6-11-19(17)29-20-12-7-5-10-18(20)24-21/h4-7,9-12H,8,13-16H2,1-3H3,(H,25,28). The van der Waals surface area contributed by atoms with E-state index in [1.165, 1.54) is 0 Å². The Labute approximate surface area is 172 Å². The van der Waals surface area contributed by atoms with Crippen LogP contribution < -0.4 is 10.1 Å². The molecule has 0 aliphatic carbocycles. The van der Waals surface area contributed by atoms with Crippen molar-refractivity contribution in [2.45, 2.75) is 32.7 Å². The number of para-hydroxylation sites is 3. The first-order valence-electron chi connectivity index (χ1n) is 10.2. The van der Waals surface area contributed by atoms with Gasteiger partial charge in [-0.15, -0.1) is 0 Å². The Morgan fingerprint density at radius 2 is 1.69 bits per heavy atom. The molecule has 152 valence electrons. The molecule has 0 radical (unpaired) electrons. The third-order valence-corrected chi connectivity index (χ3v) is 5.00. The molecule has 2 aromatic carbocycles. The average molecular weight is 393 g/mol. The molecule has 0 atom stereocenters. The molecule has 1 N–H and O–H groups in total. The van der Waals surface area contributed by atoms with Crippen LogP contribution >= 0.6 is 0 Å². The second-order valence-electron chi connectivity index (χ2n) is 8.51. The maximum atomic E-state index is 12.6. The van der Waals surface area contributed by atoms with Crippen LogP contribution in [0.25, 0.3) is 0 Å². The van der Waals surface area contributed by atoms with Crippen molar-refractivity contribution in [2.24, 2.45) is 4.99 Å². The van der Waals surface area contributed by atoms with Crippen LogP contribution in [0.5, 0.6) is 11.5 Å². The van der Waals surface area contributed by atoms with Crippen LogP contribution in [0.2, 0.25) is 0 Å². The number of aliphatic imine (C=N–C) groups is 1. The van der Waals surface area contributed by atoms with Crippen LogP contribution in [0, 0.1) is 0 Å². The fourth-order valence-electron chi connectivity index (χ4n) is 3.64. The summed E-state index contributed by atoms with van der Waals surface area (Å²) in [5.74, 6) is 2.47. The Morgan fingerprint density at radius 3 is 2.48 bits per heavy atom. The zero-order valence-corrected chi connectivity index (χ0v) is 17.3. The number of amides is 2. The summed E-state index contributed by atoms with van der Waals surface area (Å²) in [6, 6.07) is 15.9. The number of rotatable bonds is 0. The summed E-state index contributed by atoms with van der Waals surface area (Å²) in [7, 11) is 0. The number of carbonyl (C=O) groups excluding carboxylic acids is 1. The number of amidine groups is 1. The molecule has 1 fully saturated rings. The van der Waals surface area contributed by atoms with Gasteiger partial charge in [-0.05, 0) is 51.5 Å². The molecule has 0 spiro atoms. The van der Waals surface area contributed by atoms with Crippen LogP contribution in [0.4, 0.5) is 10.5 Å². The van der Waals surface area contributed by atoms with Gasteiger partial charge in [-0.2, -0.15) is 0 Å². The number of hydrogen-bond acceptors (Lipinski definition) is 4. The summed E-state index contributed by atoms with van der Waals surface area (Å²) in [6.45, 7) is 8.98. The van der Waals surface area contributed by atoms with Crippen LogP contribution in [-0.4, -0.2) is 53.4 Å². The Balaban J connectivity index is 1.60. The predicted molar refractivity (Wildman–Crippen MR) is 115 cm³/mol. The van der Waals surface area contributed by atoms with Gasteiger partial charge in [0.1, 0.15) is 17.3 Å². The van der Waals surface area contributed by atoms with Crippen molar-refractivity contribution >= 4 is 17.6 Å². The lowest BCUT2D eigenvalue weighted by Crippen LogP contribution is -2.49. The number of hydrogen-bond donors (Lipinski definition) is 1. The fourth-order valence-corrected chi connectivity index (χ4v) is 3.64. The summed E-state index contributed by atoms with van der Waals surface area (Å²) in [6.07, 6.45) is 0.890. The molecule has 1 saturated heterocycles. The number of urea groups is 1. The first-order valence-corrected chi connectivity index (χ1v) is 10.2. The third-order valence-electron chi connectivity index (χ3n) is 5.00. The van der Waals surface area contributed by atoms with E-state index in [0.717, 1.165) is 54.6 Å². The average Bonchev–Trinajstić information content (AvgIpc) is 3.01. The van der Waals surface area contributed by atoms with Crippen molar-refractivity contribution in [3.8, 4) is 11.5 Å². The highest BCUT2D eigenvalue weighted by Crippen LogP contribution is 2.37. The maximum Gasteiger partial charge on any atom is 0.317 e. The smallest absolute Gasteiger partial charge is 0.317 e. The van der Waals surface area contributed by atoms with E-state index in [1.807, 2.05) is 68.1 Å². The fraction of sp³-hybridized carbons (Fsp3) is 0.391. The minimum atomic E-state index is -0.242. The van der Waals surface area contributed by atoms with Gasteiger partial charge in [0.2, 0.25) is 0 Å². The van der Waals surface area contributed by atoms with E-state index >= 15 is 0 Å². The molecule has 2 heterocycles. The van der Waals surface area contributed by atoms with Gasteiger partial charge in [-0.3, -0.25) is 0 Å². The summed E-state index contributed by atoms with van der Waals surface area (Å²) in [5.41, 5.74) is 1.57. The molecule has 2 amide bonds. The summed E-state index contributed by atoms with van der Waals surface area (Å²) < 4.78 is 6.15. The molecule has 6 nitrogen and oxygen atoms in total. The molecule has 2 aromatic rings. The molecular weight excluding hydrogens is 364 g/mol. The predicted octanol–water partition coefficient (Wildman–Crippen LogP) is 4.39. The monoisotopic (exact) mass is 392 g/mol. The first kappa shape index (κ1) is 19.3. The number of carbonyl (C=O) groups is 1. The Kier molecular flexibility index (Phi) is 5.18. The van der Waals surface area contributed by atoms with Gasteiger partial charge >= 0.3 is 6.03 Å². The Morgan fingerprint density at radius 1 is 0.966 bits per heavy atom. The van der Waals surface area contributed by atoms with Crippen molar-refractivity contribution in [1.29, 1.82) is 0 Å². The molecular formula is C23H28N4O2. The second-order valence-corrected chi connectivity index (χ2v) is 8.51. The van der Waals surface area contributed by atoms with E-state index in [1.54, 1.807) is 0 Å². The molecule has 6 heteroatoms. The SMILES string of the molecule is CC(C)(C)NC(=O)N1CCCN(C2=Nc3ccccc3Oc3ccccc32)CC1. The topological polar surface area (TPSA) is 57.2 Å². The van der Waals surface area contributed by atoms with Crippen molar-refractivity contribution in [3.05, 3.63) is 54.1 Å². The van der Waals surface area contributed by atoms with Gasteiger partial charge in [0.15, 0.2) is 5.75 Å². The summed E-state index contributed by atoms with van der Waals surface area (Å²) >= 11 is 0. The molecule has 0 unspecified atom stereocenters. The minimum absolute atomic E-state index is 0.00349. The quantitative estimate of drug-likeness (QED) is 0.724. The van der Waals surface area contributed by atoms with Gasteiger partial charge in [-0.25, -0.2) is 9.79 Å². The zero-order valence-electron chi connectivity index (χ0n) is 17.3. The van der Waals surface area contributed by atoms with Crippen LogP contribution in [0.15, 0.2) is 53.5 Å². The molecule has 4 rings (SSSR count). The molecule has 29 heavy (non-hydrogen) atoms. The van der Waals surface area contributed by atoms with Gasteiger partial charge in [0.25, 0.3) is 0 Å². The number of ether oxygens (including phenoxy) is 1.